The average Bonchev–Trinajstić information content (AvgIpc) is 3.26. The van der Waals surface area contributed by atoms with Crippen molar-refractivity contribution in [2.75, 3.05) is 5.75 Å². The van der Waals surface area contributed by atoms with Crippen LogP contribution in [0.5, 0.6) is 0 Å². The molecule has 36 heavy (non-hydrogen) atoms. The third-order valence-corrected chi connectivity index (χ3v) is 7.38. The van der Waals surface area contributed by atoms with E-state index in [9.17, 15) is 9.18 Å². The first-order chi connectivity index (χ1) is 17.4. The van der Waals surface area contributed by atoms with E-state index in [0.717, 1.165) is 28.1 Å². The van der Waals surface area contributed by atoms with Gasteiger partial charge in [-0.2, -0.15) is 16.9 Å². The van der Waals surface area contributed by atoms with E-state index in [1.54, 1.807) is 53.0 Å². The van der Waals surface area contributed by atoms with Crippen LogP contribution in [-0.2, 0) is 5.75 Å². The van der Waals surface area contributed by atoms with Gasteiger partial charge in [0.15, 0.2) is 5.69 Å². The van der Waals surface area contributed by atoms with Gasteiger partial charge < -0.3 is 5.32 Å². The Bertz CT molecular complexity index is 1450. The first kappa shape index (κ1) is 24.6. The van der Waals surface area contributed by atoms with E-state index < -0.39 is 0 Å². The third kappa shape index (κ3) is 5.05. The lowest BCUT2D eigenvalue weighted by molar-refractivity contribution is 0.0933. The highest BCUT2D eigenvalue weighted by atomic mass is 35.5. The van der Waals surface area contributed by atoms with Crippen molar-refractivity contribution in [3.8, 4) is 5.69 Å². The fourth-order valence-corrected chi connectivity index (χ4v) is 5.61. The zero-order valence-corrected chi connectivity index (χ0v) is 21.5. The van der Waals surface area contributed by atoms with Gasteiger partial charge in [0.05, 0.1) is 28.1 Å². The number of thioether (sulfide) groups is 1. The number of carbonyl (C=O) groups is 1. The van der Waals surface area contributed by atoms with Gasteiger partial charge in [0, 0.05) is 28.3 Å². The molecule has 1 atom stereocenters. The van der Waals surface area contributed by atoms with Crippen molar-refractivity contribution in [3.05, 3.63) is 111 Å². The molecule has 0 saturated carbocycles. The molecule has 0 aliphatic carbocycles. The fraction of sp³-hybridized carbons (Fsp3) is 0.148. The summed E-state index contributed by atoms with van der Waals surface area (Å²) in [4.78, 5) is 17.8. The molecule has 0 radical (unpaired) electrons. The predicted molar refractivity (Wildman–Crippen MR) is 144 cm³/mol. The van der Waals surface area contributed by atoms with Crippen LogP contribution in [0.4, 0.5) is 4.39 Å². The van der Waals surface area contributed by atoms with Gasteiger partial charge in [-0.05, 0) is 66.6 Å². The quantitative estimate of drug-likeness (QED) is 0.297. The maximum Gasteiger partial charge on any atom is 0.272 e. The number of nitrogens with one attached hydrogen (secondary N) is 1. The summed E-state index contributed by atoms with van der Waals surface area (Å²) in [6.45, 7) is 1.88. The molecule has 0 saturated heterocycles. The molecular formula is C27H21Cl2FN4OS. The number of amides is 1. The van der Waals surface area contributed by atoms with Gasteiger partial charge in [0.1, 0.15) is 5.82 Å². The molecule has 1 aliphatic heterocycles. The van der Waals surface area contributed by atoms with Gasteiger partial charge in [-0.1, -0.05) is 41.4 Å². The molecule has 5 rings (SSSR count). The molecule has 0 unspecified atom stereocenters. The van der Waals surface area contributed by atoms with E-state index in [-0.39, 0.29) is 17.8 Å². The molecule has 0 spiro atoms. The lowest BCUT2D eigenvalue weighted by Gasteiger charge is -2.19. The number of halogens is 3. The van der Waals surface area contributed by atoms with E-state index in [4.69, 9.17) is 28.3 Å². The molecular weight excluding hydrogens is 518 g/mol. The van der Waals surface area contributed by atoms with E-state index in [0.29, 0.717) is 32.9 Å². The summed E-state index contributed by atoms with van der Waals surface area (Å²) in [6.07, 6.45) is 3.69. The highest BCUT2D eigenvalue weighted by Crippen LogP contribution is 2.38. The summed E-state index contributed by atoms with van der Waals surface area (Å²) >= 11 is 14.4. The lowest BCUT2D eigenvalue weighted by atomic mass is 10.0. The van der Waals surface area contributed by atoms with Crippen LogP contribution in [0.3, 0.4) is 0 Å². The molecule has 2 aromatic carbocycles. The normalized spacial score (nSPS) is 14.9. The Morgan fingerprint density at radius 2 is 1.94 bits per heavy atom. The van der Waals surface area contributed by atoms with Gasteiger partial charge in [0.25, 0.3) is 5.91 Å². The van der Waals surface area contributed by atoms with Crippen molar-refractivity contribution in [3.63, 3.8) is 0 Å². The maximum absolute atomic E-state index is 13.5. The molecule has 9 heteroatoms. The second-order valence-electron chi connectivity index (χ2n) is 8.35. The number of nitrogens with zero attached hydrogens (tertiary/aromatic N) is 3. The number of hydrogen-bond acceptors (Lipinski definition) is 4. The van der Waals surface area contributed by atoms with Crippen LogP contribution in [0.25, 0.3) is 17.3 Å². The molecule has 2 aromatic heterocycles. The topological polar surface area (TPSA) is 59.8 Å². The predicted octanol–water partition coefficient (Wildman–Crippen LogP) is 6.99. The minimum absolute atomic E-state index is 0.295. The van der Waals surface area contributed by atoms with Crippen molar-refractivity contribution in [1.29, 1.82) is 0 Å². The fourth-order valence-electron chi connectivity index (χ4n) is 4.10. The minimum atomic E-state index is -0.302. The SMILES string of the molecule is C[C@@H](NC(=O)c1nn(-c2ccc(Cl)cc2Cl)c2c1CSC/C2=C\c1ccc(F)cc1)c1ccccn1. The van der Waals surface area contributed by atoms with Gasteiger partial charge in [-0.15, -0.1) is 0 Å². The first-order valence-electron chi connectivity index (χ1n) is 11.2. The number of fused-ring (bicyclic) bond motifs is 1. The monoisotopic (exact) mass is 538 g/mol. The van der Waals surface area contributed by atoms with Crippen LogP contribution in [0, 0.1) is 5.82 Å². The molecule has 1 amide bonds. The van der Waals surface area contributed by atoms with Gasteiger partial charge in [-0.3, -0.25) is 9.78 Å². The van der Waals surface area contributed by atoms with E-state index in [2.05, 4.69) is 10.3 Å². The van der Waals surface area contributed by atoms with Crippen LogP contribution in [0.15, 0.2) is 66.9 Å². The summed E-state index contributed by atoms with van der Waals surface area (Å²) in [6, 6.07) is 16.7. The molecule has 1 N–H and O–H groups in total. The maximum atomic E-state index is 13.5. The number of benzene rings is 2. The molecule has 1 aliphatic rings. The number of hydrogen-bond donors (Lipinski definition) is 1. The highest BCUT2D eigenvalue weighted by Gasteiger charge is 2.30. The Balaban J connectivity index is 1.61. The van der Waals surface area contributed by atoms with Crippen LogP contribution >= 0.6 is 35.0 Å². The number of aromatic nitrogens is 3. The zero-order valence-electron chi connectivity index (χ0n) is 19.2. The van der Waals surface area contributed by atoms with Crippen LogP contribution < -0.4 is 5.32 Å². The Morgan fingerprint density at radius 3 is 2.67 bits per heavy atom. The Hall–Kier alpha value is -3.13. The largest absolute Gasteiger partial charge is 0.343 e. The van der Waals surface area contributed by atoms with E-state index in [1.165, 1.54) is 12.1 Å². The Kier molecular flexibility index (Phi) is 7.14. The third-order valence-electron chi connectivity index (χ3n) is 5.83. The summed E-state index contributed by atoms with van der Waals surface area (Å²) in [5.74, 6) is 0.723. The van der Waals surface area contributed by atoms with Gasteiger partial charge in [0.2, 0.25) is 0 Å². The molecule has 182 valence electrons. The molecule has 3 heterocycles. The van der Waals surface area contributed by atoms with Crippen LogP contribution in [0.2, 0.25) is 10.0 Å². The van der Waals surface area contributed by atoms with Crippen molar-refractivity contribution in [2.24, 2.45) is 0 Å². The van der Waals surface area contributed by atoms with Crippen LogP contribution in [-0.4, -0.2) is 26.4 Å². The summed E-state index contributed by atoms with van der Waals surface area (Å²) in [5.41, 5.74) is 5.13. The summed E-state index contributed by atoms with van der Waals surface area (Å²) in [7, 11) is 0. The number of carbonyl (C=O) groups excluding carboxylic acids is 1. The number of pyridine rings is 1. The Morgan fingerprint density at radius 1 is 1.14 bits per heavy atom. The van der Waals surface area contributed by atoms with Gasteiger partial charge in [-0.25, -0.2) is 9.07 Å². The number of rotatable bonds is 5. The smallest absolute Gasteiger partial charge is 0.272 e. The standard InChI is InChI=1S/C27H21Cl2FN4OS/c1-16(23-4-2-3-11-31-23)32-27(35)25-21-15-36-14-18(12-17-5-8-20(30)9-6-17)26(21)34(33-25)24-10-7-19(28)13-22(24)29/h2-13,16H,14-15H2,1H3,(H,32,35)/b18-12+/t16-/m1/s1. The second kappa shape index (κ2) is 10.5. The Labute approximate surface area is 222 Å². The lowest BCUT2D eigenvalue weighted by Crippen LogP contribution is -2.28. The second-order valence-corrected chi connectivity index (χ2v) is 10.2. The summed E-state index contributed by atoms with van der Waals surface area (Å²) < 4.78 is 15.2. The molecule has 0 bridgehead atoms. The minimum Gasteiger partial charge on any atom is -0.343 e. The van der Waals surface area contributed by atoms with Crippen molar-refractivity contribution >= 4 is 52.5 Å². The molecule has 0 fully saturated rings. The summed E-state index contributed by atoms with van der Waals surface area (Å²) in [5, 5.41) is 8.69. The van der Waals surface area contributed by atoms with Gasteiger partial charge >= 0.3 is 0 Å². The van der Waals surface area contributed by atoms with Crippen molar-refractivity contribution < 1.29 is 9.18 Å². The first-order valence-corrected chi connectivity index (χ1v) is 13.1. The highest BCUT2D eigenvalue weighted by molar-refractivity contribution is 7.99. The average molecular weight is 539 g/mol. The molecule has 4 aromatic rings. The molecule has 5 nitrogen and oxygen atoms in total. The van der Waals surface area contributed by atoms with E-state index in [1.807, 2.05) is 31.2 Å². The van der Waals surface area contributed by atoms with Crippen molar-refractivity contribution in [1.82, 2.24) is 20.1 Å². The zero-order chi connectivity index (χ0) is 25.2. The van der Waals surface area contributed by atoms with Crippen LogP contribution in [0.1, 0.15) is 46.0 Å². The van der Waals surface area contributed by atoms with Crippen molar-refractivity contribution in [2.45, 2.75) is 18.7 Å². The van der Waals surface area contributed by atoms with E-state index >= 15 is 0 Å².